The van der Waals surface area contributed by atoms with Crippen molar-refractivity contribution in [2.24, 2.45) is 0 Å². The van der Waals surface area contributed by atoms with Gasteiger partial charge in [-0.05, 0) is 38.4 Å². The van der Waals surface area contributed by atoms with Crippen molar-refractivity contribution in [3.05, 3.63) is 30.1 Å². The normalized spacial score (nSPS) is 11.1. The Morgan fingerprint density at radius 2 is 2.29 bits per heavy atom. The molecular formula is C13H20N2O2. The van der Waals surface area contributed by atoms with Crippen LogP contribution in [0.1, 0.15) is 32.3 Å². The Hall–Kier alpha value is -1.42. The molecule has 0 aliphatic rings. The topological polar surface area (TPSA) is 53.4 Å². The molecule has 1 rings (SSSR count). The molecule has 0 fully saturated rings. The van der Waals surface area contributed by atoms with Crippen molar-refractivity contribution in [2.45, 2.75) is 39.3 Å². The van der Waals surface area contributed by atoms with Crippen LogP contribution in [0.25, 0.3) is 0 Å². The molecule has 0 aliphatic carbocycles. The second-order valence-corrected chi connectivity index (χ2v) is 4.42. The molecular weight excluding hydrogens is 216 g/mol. The number of rotatable bonds is 7. The minimum atomic E-state index is -0.727. The Morgan fingerprint density at radius 1 is 1.53 bits per heavy atom. The molecule has 0 saturated carbocycles. The number of carboxylic acid groups (broad SMARTS) is 1. The van der Waals surface area contributed by atoms with Crippen LogP contribution in [0, 0.1) is 0 Å². The summed E-state index contributed by atoms with van der Waals surface area (Å²) in [5, 5.41) is 8.63. The molecule has 0 aromatic carbocycles. The zero-order valence-electron chi connectivity index (χ0n) is 10.5. The molecule has 4 heteroatoms. The van der Waals surface area contributed by atoms with Gasteiger partial charge in [0.1, 0.15) is 0 Å². The van der Waals surface area contributed by atoms with Crippen molar-refractivity contribution < 1.29 is 9.90 Å². The van der Waals surface area contributed by atoms with E-state index in [1.54, 1.807) is 6.20 Å². The molecule has 0 unspecified atom stereocenters. The molecule has 0 amide bonds. The summed E-state index contributed by atoms with van der Waals surface area (Å²) < 4.78 is 0. The molecule has 1 heterocycles. The van der Waals surface area contributed by atoms with Crippen molar-refractivity contribution in [3.8, 4) is 0 Å². The molecule has 0 saturated heterocycles. The summed E-state index contributed by atoms with van der Waals surface area (Å²) in [7, 11) is 0. The summed E-state index contributed by atoms with van der Waals surface area (Å²) in [4.78, 5) is 16.8. The van der Waals surface area contributed by atoms with Gasteiger partial charge in [-0.2, -0.15) is 0 Å². The van der Waals surface area contributed by atoms with Gasteiger partial charge >= 0.3 is 5.97 Å². The lowest BCUT2D eigenvalue weighted by Crippen LogP contribution is -2.31. The van der Waals surface area contributed by atoms with Crippen molar-refractivity contribution in [3.63, 3.8) is 0 Å². The highest BCUT2D eigenvalue weighted by Gasteiger charge is 2.10. The van der Waals surface area contributed by atoms with E-state index in [2.05, 4.69) is 23.7 Å². The highest BCUT2D eigenvalue weighted by Crippen LogP contribution is 2.08. The molecule has 94 valence electrons. The molecule has 0 spiro atoms. The fourth-order valence-corrected chi connectivity index (χ4v) is 1.68. The van der Waals surface area contributed by atoms with Crippen LogP contribution in [0.4, 0.5) is 0 Å². The second-order valence-electron chi connectivity index (χ2n) is 4.42. The van der Waals surface area contributed by atoms with Crippen LogP contribution in [0.15, 0.2) is 24.5 Å². The van der Waals surface area contributed by atoms with Crippen molar-refractivity contribution in [1.29, 1.82) is 0 Å². The smallest absolute Gasteiger partial charge is 0.303 e. The van der Waals surface area contributed by atoms with Gasteiger partial charge in [-0.1, -0.05) is 6.07 Å². The van der Waals surface area contributed by atoms with Crippen LogP contribution in [-0.4, -0.2) is 33.5 Å². The van der Waals surface area contributed by atoms with Gasteiger partial charge in [0.25, 0.3) is 0 Å². The fourth-order valence-electron chi connectivity index (χ4n) is 1.68. The number of carboxylic acids is 1. The number of hydrogen-bond acceptors (Lipinski definition) is 3. The highest BCUT2D eigenvalue weighted by molar-refractivity contribution is 5.66. The van der Waals surface area contributed by atoms with E-state index >= 15 is 0 Å². The van der Waals surface area contributed by atoms with Gasteiger partial charge in [0.2, 0.25) is 0 Å². The first-order valence-corrected chi connectivity index (χ1v) is 5.94. The van der Waals surface area contributed by atoms with Crippen LogP contribution in [0.5, 0.6) is 0 Å². The van der Waals surface area contributed by atoms with Gasteiger partial charge in [0.05, 0.1) is 0 Å². The second kappa shape index (κ2) is 7.01. The largest absolute Gasteiger partial charge is 0.481 e. The Labute approximate surface area is 102 Å². The number of aromatic nitrogens is 1. The Kier molecular flexibility index (Phi) is 5.63. The van der Waals surface area contributed by atoms with Crippen molar-refractivity contribution in [2.75, 3.05) is 6.54 Å². The predicted octanol–water partition coefficient (Wildman–Crippen LogP) is 2.16. The average Bonchev–Trinajstić information content (AvgIpc) is 2.28. The summed E-state index contributed by atoms with van der Waals surface area (Å²) in [6.07, 6.45) is 4.53. The number of aliphatic carboxylic acids is 1. The third-order valence-electron chi connectivity index (χ3n) is 2.67. The van der Waals surface area contributed by atoms with Crippen LogP contribution in [0.2, 0.25) is 0 Å². The summed E-state index contributed by atoms with van der Waals surface area (Å²) in [5.41, 5.74) is 1.16. The lowest BCUT2D eigenvalue weighted by atomic mass is 10.2. The number of hydrogen-bond donors (Lipinski definition) is 1. The van der Waals surface area contributed by atoms with Gasteiger partial charge in [-0.25, -0.2) is 0 Å². The average molecular weight is 236 g/mol. The molecule has 0 bridgehead atoms. The highest BCUT2D eigenvalue weighted by atomic mass is 16.4. The minimum Gasteiger partial charge on any atom is -0.481 e. The van der Waals surface area contributed by atoms with E-state index in [0.29, 0.717) is 12.5 Å². The maximum atomic E-state index is 10.5. The quantitative estimate of drug-likeness (QED) is 0.788. The van der Waals surface area contributed by atoms with E-state index in [1.165, 1.54) is 0 Å². The van der Waals surface area contributed by atoms with E-state index in [-0.39, 0.29) is 6.42 Å². The maximum Gasteiger partial charge on any atom is 0.303 e. The Bertz CT molecular complexity index is 339. The molecule has 0 atom stereocenters. The van der Waals surface area contributed by atoms with Crippen LogP contribution in [-0.2, 0) is 11.3 Å². The van der Waals surface area contributed by atoms with Crippen LogP contribution < -0.4 is 0 Å². The van der Waals surface area contributed by atoms with Gasteiger partial charge in [-0.3, -0.25) is 14.7 Å². The van der Waals surface area contributed by atoms with E-state index in [9.17, 15) is 4.79 Å². The lowest BCUT2D eigenvalue weighted by molar-refractivity contribution is -0.137. The Morgan fingerprint density at radius 3 is 2.82 bits per heavy atom. The number of nitrogens with zero attached hydrogens (tertiary/aromatic N) is 2. The summed E-state index contributed by atoms with van der Waals surface area (Å²) in [5.74, 6) is -0.727. The fraction of sp³-hybridized carbons (Fsp3) is 0.538. The third kappa shape index (κ3) is 5.45. The van der Waals surface area contributed by atoms with Crippen LogP contribution in [0.3, 0.4) is 0 Å². The first-order chi connectivity index (χ1) is 8.09. The first kappa shape index (κ1) is 13.6. The summed E-state index contributed by atoms with van der Waals surface area (Å²) >= 11 is 0. The zero-order valence-corrected chi connectivity index (χ0v) is 10.5. The SMILES string of the molecule is CC(C)N(CCCC(=O)O)Cc1cccnc1. The van der Waals surface area contributed by atoms with Crippen LogP contribution >= 0.6 is 0 Å². The molecule has 1 aromatic heterocycles. The van der Waals surface area contributed by atoms with Gasteiger partial charge in [-0.15, -0.1) is 0 Å². The molecule has 1 N–H and O–H groups in total. The maximum absolute atomic E-state index is 10.5. The minimum absolute atomic E-state index is 0.232. The van der Waals surface area contributed by atoms with Gasteiger partial charge in [0.15, 0.2) is 0 Å². The third-order valence-corrected chi connectivity index (χ3v) is 2.67. The van der Waals surface area contributed by atoms with E-state index in [0.717, 1.165) is 18.7 Å². The van der Waals surface area contributed by atoms with Gasteiger partial charge in [0, 0.05) is 31.4 Å². The molecule has 4 nitrogen and oxygen atoms in total. The standard InChI is InChI=1S/C13H20N2O2/c1-11(2)15(8-4-6-13(16)17)10-12-5-3-7-14-9-12/h3,5,7,9,11H,4,6,8,10H2,1-2H3,(H,16,17). The van der Waals surface area contributed by atoms with Crippen molar-refractivity contribution >= 4 is 5.97 Å². The number of carbonyl (C=O) groups is 1. The predicted molar refractivity (Wildman–Crippen MR) is 66.7 cm³/mol. The van der Waals surface area contributed by atoms with Crippen molar-refractivity contribution in [1.82, 2.24) is 9.88 Å². The van der Waals surface area contributed by atoms with E-state index in [4.69, 9.17) is 5.11 Å². The zero-order chi connectivity index (χ0) is 12.7. The monoisotopic (exact) mass is 236 g/mol. The molecule has 0 aliphatic heterocycles. The summed E-state index contributed by atoms with van der Waals surface area (Å²) in [6.45, 7) is 5.87. The Balaban J connectivity index is 2.46. The molecule has 1 aromatic rings. The molecule has 17 heavy (non-hydrogen) atoms. The molecule has 0 radical (unpaired) electrons. The first-order valence-electron chi connectivity index (χ1n) is 5.94. The van der Waals surface area contributed by atoms with Gasteiger partial charge < -0.3 is 5.11 Å². The van der Waals surface area contributed by atoms with E-state index in [1.807, 2.05) is 18.3 Å². The summed E-state index contributed by atoms with van der Waals surface area (Å²) in [6, 6.07) is 4.37. The lowest BCUT2D eigenvalue weighted by Gasteiger charge is -2.26. The number of pyridine rings is 1. The van der Waals surface area contributed by atoms with E-state index < -0.39 is 5.97 Å².